The Kier molecular flexibility index (Phi) is 6.11. The smallest absolute Gasteiger partial charge is 0.391 e. The summed E-state index contributed by atoms with van der Waals surface area (Å²) in [5, 5.41) is 3.32. The molecule has 1 aromatic rings. The van der Waals surface area contributed by atoms with Crippen molar-refractivity contribution in [3.63, 3.8) is 0 Å². The van der Waals surface area contributed by atoms with Gasteiger partial charge in [0.1, 0.15) is 12.4 Å². The van der Waals surface area contributed by atoms with Crippen LogP contribution in [0, 0.1) is 5.92 Å². The molecule has 0 spiro atoms. The molecule has 6 heteroatoms. The Morgan fingerprint density at radius 2 is 2.00 bits per heavy atom. The van der Waals surface area contributed by atoms with Crippen molar-refractivity contribution in [3.05, 3.63) is 24.2 Å². The minimum Gasteiger partial charge on any atom is -0.467 e. The van der Waals surface area contributed by atoms with Crippen LogP contribution in [0.1, 0.15) is 37.9 Å². The minimum atomic E-state index is -4.02. The van der Waals surface area contributed by atoms with Gasteiger partial charge in [-0.3, -0.25) is 0 Å². The molecule has 1 aliphatic rings. The lowest BCUT2D eigenvalue weighted by Crippen LogP contribution is -2.37. The fraction of sp³-hybridized carbons (Fsp3) is 0.733. The summed E-state index contributed by atoms with van der Waals surface area (Å²) in [6.45, 7) is 1.86. The molecular formula is C15H22F3NO2. The molecule has 0 saturated heterocycles. The molecule has 0 bridgehead atoms. The average Bonchev–Trinajstić information content (AvgIpc) is 2.95. The highest BCUT2D eigenvalue weighted by Crippen LogP contribution is 2.37. The zero-order valence-electron chi connectivity index (χ0n) is 12.0. The number of rotatable bonds is 7. The lowest BCUT2D eigenvalue weighted by molar-refractivity contribution is -0.182. The van der Waals surface area contributed by atoms with Gasteiger partial charge in [-0.1, -0.05) is 0 Å². The van der Waals surface area contributed by atoms with Crippen molar-refractivity contribution in [3.8, 4) is 0 Å². The van der Waals surface area contributed by atoms with Crippen LogP contribution < -0.4 is 5.32 Å². The predicted octanol–water partition coefficient (Wildman–Crippen LogP) is 3.90. The zero-order valence-corrected chi connectivity index (χ0v) is 12.0. The third kappa shape index (κ3) is 5.71. The van der Waals surface area contributed by atoms with E-state index in [1.807, 2.05) is 12.1 Å². The van der Waals surface area contributed by atoms with Crippen molar-refractivity contribution in [2.45, 2.75) is 50.9 Å². The number of halogens is 3. The van der Waals surface area contributed by atoms with Crippen molar-refractivity contribution >= 4 is 0 Å². The molecule has 0 unspecified atom stereocenters. The highest BCUT2D eigenvalue weighted by atomic mass is 19.4. The lowest BCUT2D eigenvalue weighted by atomic mass is 9.85. The number of hydrogen-bond acceptors (Lipinski definition) is 3. The van der Waals surface area contributed by atoms with E-state index >= 15 is 0 Å². The van der Waals surface area contributed by atoms with Gasteiger partial charge in [0.25, 0.3) is 0 Å². The predicted molar refractivity (Wildman–Crippen MR) is 72.8 cm³/mol. The maximum absolute atomic E-state index is 12.5. The van der Waals surface area contributed by atoms with Crippen LogP contribution in [-0.4, -0.2) is 25.4 Å². The molecule has 1 aromatic heterocycles. The quantitative estimate of drug-likeness (QED) is 0.776. The Balaban J connectivity index is 1.48. The minimum absolute atomic E-state index is 0.216. The summed E-state index contributed by atoms with van der Waals surface area (Å²) in [6, 6.07) is 3.89. The highest BCUT2D eigenvalue weighted by molar-refractivity contribution is 4.95. The SMILES string of the molecule is FC(F)(F)C1CCC(NCCCOCc2ccco2)CC1. The molecule has 1 saturated carbocycles. The Hall–Kier alpha value is -1.01. The van der Waals surface area contributed by atoms with Gasteiger partial charge in [0.15, 0.2) is 0 Å². The third-order valence-corrected chi connectivity index (χ3v) is 3.91. The monoisotopic (exact) mass is 305 g/mol. The summed E-state index contributed by atoms with van der Waals surface area (Å²) < 4.78 is 48.2. The molecule has 21 heavy (non-hydrogen) atoms. The Morgan fingerprint density at radius 3 is 2.62 bits per heavy atom. The van der Waals surface area contributed by atoms with Crippen LogP contribution in [0.2, 0.25) is 0 Å². The first-order valence-corrected chi connectivity index (χ1v) is 7.46. The van der Waals surface area contributed by atoms with Crippen molar-refractivity contribution in [2.75, 3.05) is 13.2 Å². The largest absolute Gasteiger partial charge is 0.467 e. The van der Waals surface area contributed by atoms with Gasteiger partial charge in [0, 0.05) is 12.6 Å². The topological polar surface area (TPSA) is 34.4 Å². The Labute approximate surface area is 122 Å². The molecule has 120 valence electrons. The van der Waals surface area contributed by atoms with E-state index in [9.17, 15) is 13.2 Å². The van der Waals surface area contributed by atoms with Gasteiger partial charge >= 0.3 is 6.18 Å². The van der Waals surface area contributed by atoms with Gasteiger partial charge in [-0.25, -0.2) is 0 Å². The van der Waals surface area contributed by atoms with E-state index in [1.165, 1.54) is 0 Å². The second-order valence-electron chi connectivity index (χ2n) is 5.53. The van der Waals surface area contributed by atoms with E-state index in [4.69, 9.17) is 9.15 Å². The molecule has 2 rings (SSSR count). The van der Waals surface area contributed by atoms with E-state index in [2.05, 4.69) is 5.32 Å². The van der Waals surface area contributed by atoms with Crippen LogP contribution in [-0.2, 0) is 11.3 Å². The van der Waals surface area contributed by atoms with Crippen molar-refractivity contribution in [1.82, 2.24) is 5.32 Å². The fourth-order valence-corrected chi connectivity index (χ4v) is 2.67. The van der Waals surface area contributed by atoms with Gasteiger partial charge in [0.2, 0.25) is 0 Å². The highest BCUT2D eigenvalue weighted by Gasteiger charge is 2.41. The van der Waals surface area contributed by atoms with E-state index in [1.54, 1.807) is 6.26 Å². The molecule has 1 aliphatic carbocycles. The maximum atomic E-state index is 12.5. The van der Waals surface area contributed by atoms with Crippen LogP contribution >= 0.6 is 0 Å². The number of alkyl halides is 3. The number of ether oxygens (including phenoxy) is 1. The fourth-order valence-electron chi connectivity index (χ4n) is 2.67. The molecule has 3 nitrogen and oxygen atoms in total. The molecule has 0 aromatic carbocycles. The molecular weight excluding hydrogens is 283 g/mol. The number of nitrogens with one attached hydrogen (secondary N) is 1. The van der Waals surface area contributed by atoms with Crippen LogP contribution in [0.15, 0.2) is 22.8 Å². The van der Waals surface area contributed by atoms with Crippen LogP contribution in [0.3, 0.4) is 0 Å². The van der Waals surface area contributed by atoms with E-state index in [-0.39, 0.29) is 18.9 Å². The summed E-state index contributed by atoms with van der Waals surface area (Å²) in [5.41, 5.74) is 0. The van der Waals surface area contributed by atoms with Crippen LogP contribution in [0.4, 0.5) is 13.2 Å². The lowest BCUT2D eigenvalue weighted by Gasteiger charge is -2.30. The molecule has 0 aliphatic heterocycles. The van der Waals surface area contributed by atoms with Crippen molar-refractivity contribution < 1.29 is 22.3 Å². The Morgan fingerprint density at radius 1 is 1.24 bits per heavy atom. The second-order valence-corrected chi connectivity index (χ2v) is 5.53. The first-order chi connectivity index (χ1) is 10.1. The van der Waals surface area contributed by atoms with Crippen LogP contribution in [0.5, 0.6) is 0 Å². The molecule has 1 heterocycles. The maximum Gasteiger partial charge on any atom is 0.391 e. The molecule has 1 N–H and O–H groups in total. The van der Waals surface area contributed by atoms with Gasteiger partial charge in [-0.15, -0.1) is 0 Å². The molecule has 0 amide bonds. The van der Waals surface area contributed by atoms with Crippen molar-refractivity contribution in [2.24, 2.45) is 5.92 Å². The van der Waals surface area contributed by atoms with E-state index in [0.717, 1.165) is 18.7 Å². The average molecular weight is 305 g/mol. The normalized spacial score (nSPS) is 23.4. The molecule has 0 atom stereocenters. The standard InChI is InChI=1S/C15H22F3NO2/c16-15(17,18)12-4-6-13(7-5-12)19-8-2-9-20-11-14-3-1-10-21-14/h1,3,10,12-13,19H,2,4-9,11H2. The summed E-state index contributed by atoms with van der Waals surface area (Å²) in [6.07, 6.45) is 0.142. The third-order valence-electron chi connectivity index (χ3n) is 3.91. The zero-order chi connectivity index (χ0) is 15.1. The first-order valence-electron chi connectivity index (χ1n) is 7.46. The number of hydrogen-bond donors (Lipinski definition) is 1. The Bertz CT molecular complexity index is 384. The molecule has 1 fully saturated rings. The molecule has 0 radical (unpaired) electrons. The summed E-state index contributed by atoms with van der Waals surface area (Å²) in [5.74, 6) is -0.305. The number of furan rings is 1. The van der Waals surface area contributed by atoms with Crippen LogP contribution in [0.25, 0.3) is 0 Å². The van der Waals surface area contributed by atoms with Gasteiger partial charge < -0.3 is 14.5 Å². The second kappa shape index (κ2) is 7.84. The van der Waals surface area contributed by atoms with Gasteiger partial charge in [0.05, 0.1) is 12.2 Å². The van der Waals surface area contributed by atoms with Crippen molar-refractivity contribution in [1.29, 1.82) is 0 Å². The van der Waals surface area contributed by atoms with E-state index < -0.39 is 12.1 Å². The van der Waals surface area contributed by atoms with Gasteiger partial charge in [-0.2, -0.15) is 13.2 Å². The van der Waals surface area contributed by atoms with E-state index in [0.29, 0.717) is 26.1 Å². The first kappa shape index (κ1) is 16.4. The summed E-state index contributed by atoms with van der Waals surface area (Å²) in [4.78, 5) is 0. The van der Waals surface area contributed by atoms with Gasteiger partial charge in [-0.05, 0) is 50.8 Å². The summed E-state index contributed by atoms with van der Waals surface area (Å²) in [7, 11) is 0. The summed E-state index contributed by atoms with van der Waals surface area (Å²) >= 11 is 0.